The zero-order valence-electron chi connectivity index (χ0n) is 22.2. The summed E-state index contributed by atoms with van der Waals surface area (Å²) < 4.78 is 1.94. The van der Waals surface area contributed by atoms with Crippen LogP contribution in [0.2, 0.25) is 5.02 Å². The van der Waals surface area contributed by atoms with Crippen LogP contribution in [-0.2, 0) is 9.59 Å². The summed E-state index contributed by atoms with van der Waals surface area (Å²) in [5.41, 5.74) is 1.97. The molecule has 4 rings (SSSR count). The Morgan fingerprint density at radius 2 is 1.92 bits per heavy atom. The maximum Gasteiger partial charge on any atom is 0.260 e. The summed E-state index contributed by atoms with van der Waals surface area (Å²) in [4.78, 5) is 47.0. The number of likely N-dealkylation sites (N-methyl/N-ethyl adjacent to an activating group) is 1. The number of hydrogen-bond donors (Lipinski definition) is 2. The number of nitrogens with zero attached hydrogens (tertiary/aromatic N) is 4. The van der Waals surface area contributed by atoms with Crippen molar-refractivity contribution in [2.24, 2.45) is 0 Å². The summed E-state index contributed by atoms with van der Waals surface area (Å²) in [6.45, 7) is 5.26. The number of rotatable bonds is 8. The van der Waals surface area contributed by atoms with Crippen molar-refractivity contribution >= 4 is 52.0 Å². The number of hydrogen-bond acceptors (Lipinski definition) is 5. The molecule has 0 aliphatic carbocycles. The molecule has 3 aromatic rings. The molecule has 1 saturated heterocycles. The van der Waals surface area contributed by atoms with Crippen molar-refractivity contribution in [1.82, 2.24) is 19.4 Å². The van der Waals surface area contributed by atoms with Crippen LogP contribution in [-0.4, -0.2) is 70.8 Å². The lowest BCUT2D eigenvalue weighted by atomic mass is 10.1. The smallest absolute Gasteiger partial charge is 0.260 e. The molecule has 0 bridgehead atoms. The first-order chi connectivity index (χ1) is 18.8. The number of halogens is 1. The van der Waals surface area contributed by atoms with Gasteiger partial charge >= 0.3 is 0 Å². The number of likely N-dealkylation sites (tertiary alicyclic amines) is 1. The van der Waals surface area contributed by atoms with Gasteiger partial charge in [0.05, 0.1) is 33.3 Å². The Morgan fingerprint density at radius 3 is 2.69 bits per heavy atom. The van der Waals surface area contributed by atoms with E-state index in [1.54, 1.807) is 36.4 Å². The van der Waals surface area contributed by atoms with Crippen LogP contribution in [0.25, 0.3) is 11.0 Å². The van der Waals surface area contributed by atoms with E-state index in [9.17, 15) is 14.4 Å². The highest BCUT2D eigenvalue weighted by Gasteiger charge is 2.28. The Bertz CT molecular complexity index is 1410. The minimum atomic E-state index is -0.434. The lowest BCUT2D eigenvalue weighted by molar-refractivity contribution is -0.126. The summed E-state index contributed by atoms with van der Waals surface area (Å²) in [5.74, 6) is -0.569. The molecule has 10 heteroatoms. The van der Waals surface area contributed by atoms with E-state index in [0.717, 1.165) is 25.3 Å². The van der Waals surface area contributed by atoms with Crippen LogP contribution in [0.15, 0.2) is 67.3 Å². The van der Waals surface area contributed by atoms with Crippen LogP contribution in [0, 0.1) is 0 Å². The third-order valence-electron chi connectivity index (χ3n) is 6.56. The van der Waals surface area contributed by atoms with Crippen LogP contribution in [0.1, 0.15) is 35.7 Å². The van der Waals surface area contributed by atoms with Gasteiger partial charge < -0.3 is 19.7 Å². The number of nitrogens with one attached hydrogen (secondary N) is 2. The van der Waals surface area contributed by atoms with Crippen LogP contribution < -0.4 is 10.6 Å². The van der Waals surface area contributed by atoms with E-state index in [-0.39, 0.29) is 17.5 Å². The van der Waals surface area contributed by atoms with Gasteiger partial charge in [-0.05, 0) is 63.7 Å². The second-order valence-electron chi connectivity index (χ2n) is 9.70. The first kappa shape index (κ1) is 28.1. The summed E-state index contributed by atoms with van der Waals surface area (Å²) in [6, 6.07) is 12.0. The highest BCUT2D eigenvalue weighted by molar-refractivity contribution is 6.35. The van der Waals surface area contributed by atoms with Gasteiger partial charge in [0.1, 0.15) is 0 Å². The highest BCUT2D eigenvalue weighted by Crippen LogP contribution is 2.34. The third kappa shape index (κ3) is 6.74. The van der Waals surface area contributed by atoms with Crippen molar-refractivity contribution in [3.05, 3.63) is 77.9 Å². The van der Waals surface area contributed by atoms with E-state index in [0.29, 0.717) is 47.3 Å². The number of fused-ring (bicyclic) bond motifs is 1. The zero-order chi connectivity index (χ0) is 27.9. The van der Waals surface area contributed by atoms with E-state index in [1.807, 2.05) is 46.7 Å². The van der Waals surface area contributed by atoms with Crippen molar-refractivity contribution in [3.8, 4) is 0 Å². The van der Waals surface area contributed by atoms with Crippen molar-refractivity contribution in [3.63, 3.8) is 0 Å². The lowest BCUT2D eigenvalue weighted by Gasteiger charge is -2.26. The average Bonchev–Trinajstić information content (AvgIpc) is 3.10. The molecular weight excluding hydrogens is 516 g/mol. The van der Waals surface area contributed by atoms with Gasteiger partial charge in [0.2, 0.25) is 17.8 Å². The maximum absolute atomic E-state index is 13.5. The van der Waals surface area contributed by atoms with E-state index < -0.39 is 11.8 Å². The molecule has 1 fully saturated rings. The normalized spacial score (nSPS) is 15.9. The van der Waals surface area contributed by atoms with Gasteiger partial charge in [-0.15, -0.1) is 0 Å². The number of anilines is 2. The molecule has 1 aliphatic rings. The molecule has 2 heterocycles. The van der Waals surface area contributed by atoms with Gasteiger partial charge in [-0.1, -0.05) is 42.5 Å². The zero-order valence-corrected chi connectivity index (χ0v) is 22.9. The number of benzene rings is 2. The fourth-order valence-corrected chi connectivity index (χ4v) is 4.95. The van der Waals surface area contributed by atoms with Crippen LogP contribution in [0.4, 0.5) is 11.6 Å². The molecule has 204 valence electrons. The van der Waals surface area contributed by atoms with Crippen molar-refractivity contribution < 1.29 is 14.4 Å². The molecule has 9 nitrogen and oxygen atoms in total. The number of imidazole rings is 1. The first-order valence-corrected chi connectivity index (χ1v) is 13.3. The number of amides is 3. The molecule has 2 N–H and O–H groups in total. The van der Waals surface area contributed by atoms with Crippen LogP contribution in [0.5, 0.6) is 0 Å². The number of carbonyl (C=O) groups excluding carboxylic acids is 3. The second-order valence-corrected chi connectivity index (χ2v) is 10.1. The number of carbonyl (C=O) groups is 3. The Hall–Kier alpha value is -3.95. The molecular formula is C29H33ClN6O3. The van der Waals surface area contributed by atoms with Gasteiger partial charge in [0.25, 0.3) is 5.91 Å². The third-order valence-corrected chi connectivity index (χ3v) is 6.86. The van der Waals surface area contributed by atoms with Gasteiger partial charge in [-0.2, -0.15) is 0 Å². The lowest BCUT2D eigenvalue weighted by Crippen LogP contribution is -2.34. The molecule has 1 aliphatic heterocycles. The molecule has 0 radical (unpaired) electrons. The van der Waals surface area contributed by atoms with Gasteiger partial charge in [-0.3, -0.25) is 19.7 Å². The molecule has 39 heavy (non-hydrogen) atoms. The molecule has 3 amide bonds. The molecule has 2 aromatic carbocycles. The quantitative estimate of drug-likeness (QED) is 0.396. The second kappa shape index (κ2) is 12.7. The predicted octanol–water partition coefficient (Wildman–Crippen LogP) is 4.74. The van der Waals surface area contributed by atoms with Gasteiger partial charge in [0, 0.05) is 25.7 Å². The monoisotopic (exact) mass is 548 g/mol. The molecule has 1 aromatic heterocycles. The minimum Gasteiger partial charge on any atom is -0.337 e. The first-order valence-electron chi connectivity index (χ1n) is 12.9. The van der Waals surface area contributed by atoms with Gasteiger partial charge in [0.15, 0.2) is 0 Å². The topological polar surface area (TPSA) is 99.6 Å². The highest BCUT2D eigenvalue weighted by atomic mass is 35.5. The summed E-state index contributed by atoms with van der Waals surface area (Å²) in [5, 5.41) is 6.12. The van der Waals surface area contributed by atoms with Crippen molar-refractivity contribution in [2.75, 3.05) is 44.4 Å². The Labute approximate surface area is 233 Å². The van der Waals surface area contributed by atoms with E-state index in [1.165, 1.54) is 0 Å². The molecule has 1 atom stereocenters. The molecule has 0 unspecified atom stereocenters. The number of para-hydroxylation sites is 2. The Balaban J connectivity index is 1.68. The number of aromatic nitrogens is 2. The van der Waals surface area contributed by atoms with Crippen LogP contribution >= 0.6 is 11.6 Å². The summed E-state index contributed by atoms with van der Waals surface area (Å²) in [6.07, 6.45) is 7.20. The molecule has 0 spiro atoms. The average molecular weight is 549 g/mol. The fourth-order valence-electron chi connectivity index (χ4n) is 4.69. The van der Waals surface area contributed by atoms with Crippen LogP contribution in [0.3, 0.4) is 0 Å². The Morgan fingerprint density at radius 1 is 1.13 bits per heavy atom. The molecule has 0 saturated carbocycles. The van der Waals surface area contributed by atoms with Gasteiger partial charge in [-0.25, -0.2) is 4.98 Å². The van der Waals surface area contributed by atoms with E-state index in [4.69, 9.17) is 16.6 Å². The SMILES string of the molecule is C=CC(=O)Nc1ccccc1C(=O)Nc1nc2cccc(Cl)c2n1[C@@H]1CCCCN(C(=O)/C=C/CN(C)C)C1. The van der Waals surface area contributed by atoms with E-state index in [2.05, 4.69) is 17.2 Å². The Kier molecular flexibility index (Phi) is 9.16. The minimum absolute atomic E-state index is 0.0447. The fraction of sp³-hybridized carbons (Fsp3) is 0.310. The standard InChI is InChI=1S/C29H33ClN6O3/c1-4-25(37)31-23-14-6-5-12-21(23)28(39)33-29-32-24-15-9-13-22(30)27(24)36(29)20-11-7-8-18-35(19-20)26(38)16-10-17-34(2)3/h4-6,9-10,12-16,20H,1,7-8,11,17-19H2,2-3H3,(H,31,37)(H,32,33,39)/b16-10+/t20-/m1/s1. The largest absolute Gasteiger partial charge is 0.337 e. The predicted molar refractivity (Wildman–Crippen MR) is 155 cm³/mol. The van der Waals surface area contributed by atoms with Crippen molar-refractivity contribution in [2.45, 2.75) is 25.3 Å². The summed E-state index contributed by atoms with van der Waals surface area (Å²) in [7, 11) is 3.90. The summed E-state index contributed by atoms with van der Waals surface area (Å²) >= 11 is 6.66. The van der Waals surface area contributed by atoms with E-state index >= 15 is 0 Å². The maximum atomic E-state index is 13.5. The van der Waals surface area contributed by atoms with Crippen molar-refractivity contribution in [1.29, 1.82) is 0 Å².